The van der Waals surface area contributed by atoms with Crippen molar-refractivity contribution in [3.63, 3.8) is 0 Å². The van der Waals surface area contributed by atoms with Crippen LogP contribution >= 0.6 is 0 Å². The molecule has 0 bridgehead atoms. The number of nitrogens with zero attached hydrogens (tertiary/aromatic N) is 2. The van der Waals surface area contributed by atoms with Crippen LogP contribution in [0.4, 0.5) is 5.69 Å². The quantitative estimate of drug-likeness (QED) is 0.293. The van der Waals surface area contributed by atoms with E-state index in [0.29, 0.717) is 12.1 Å². The average molecular weight is 578 g/mol. The lowest BCUT2D eigenvalue weighted by Crippen LogP contribution is -2.53. The molecular weight excluding hydrogens is 534 g/mol. The molecule has 0 unspecified atom stereocenters. The van der Waals surface area contributed by atoms with Gasteiger partial charge in [0.1, 0.15) is 12.6 Å². The maximum absolute atomic E-state index is 14.3. The normalized spacial score (nSPS) is 12.9. The van der Waals surface area contributed by atoms with Crippen molar-refractivity contribution in [2.45, 2.75) is 84.8 Å². The predicted octanol–water partition coefficient (Wildman–Crippen LogP) is 5.84. The lowest BCUT2D eigenvalue weighted by Gasteiger charge is -2.34. The third kappa shape index (κ3) is 7.55. The fourth-order valence-electron chi connectivity index (χ4n) is 4.69. The lowest BCUT2D eigenvalue weighted by molar-refractivity contribution is -0.140. The smallest absolute Gasteiger partial charge is 0.264 e. The van der Waals surface area contributed by atoms with E-state index in [-0.39, 0.29) is 23.4 Å². The van der Waals surface area contributed by atoms with Gasteiger partial charge in [0.2, 0.25) is 11.8 Å². The zero-order valence-corrected chi connectivity index (χ0v) is 26.1. The van der Waals surface area contributed by atoms with Crippen LogP contribution in [0.15, 0.2) is 71.6 Å². The number of hydrogen-bond acceptors (Lipinski definition) is 4. The van der Waals surface area contributed by atoms with Gasteiger partial charge in [0.15, 0.2) is 0 Å². The Labute approximate surface area is 245 Å². The minimum Gasteiger partial charge on any atom is -0.352 e. The molecule has 3 aromatic carbocycles. The average Bonchev–Trinajstić information content (AvgIpc) is 2.94. The molecule has 0 saturated carbocycles. The lowest BCUT2D eigenvalue weighted by atomic mass is 10.1. The second-order valence-electron chi connectivity index (χ2n) is 10.7. The Bertz CT molecular complexity index is 1470. The van der Waals surface area contributed by atoms with E-state index in [1.165, 1.54) is 9.21 Å². The number of carbonyl (C=O) groups is 2. The summed E-state index contributed by atoms with van der Waals surface area (Å²) in [7, 11) is -4.11. The Hall–Kier alpha value is -3.65. The van der Waals surface area contributed by atoms with Gasteiger partial charge >= 0.3 is 0 Å². The highest BCUT2D eigenvalue weighted by Crippen LogP contribution is 2.29. The summed E-state index contributed by atoms with van der Waals surface area (Å²) in [4.78, 5) is 29.3. The predicted molar refractivity (Wildman–Crippen MR) is 165 cm³/mol. The van der Waals surface area contributed by atoms with Gasteiger partial charge in [0, 0.05) is 12.6 Å². The first-order valence-electron chi connectivity index (χ1n) is 14.2. The Morgan fingerprint density at radius 1 is 0.829 bits per heavy atom. The summed E-state index contributed by atoms with van der Waals surface area (Å²) in [5.41, 5.74) is 4.93. The highest BCUT2D eigenvalue weighted by Gasteiger charge is 2.34. The first kappa shape index (κ1) is 31.9. The molecule has 41 heavy (non-hydrogen) atoms. The molecule has 0 aromatic heterocycles. The van der Waals surface area contributed by atoms with Crippen molar-refractivity contribution >= 4 is 27.5 Å². The van der Waals surface area contributed by atoms with E-state index in [0.717, 1.165) is 34.2 Å². The molecule has 0 radical (unpaired) electrons. The molecule has 220 valence electrons. The van der Waals surface area contributed by atoms with Gasteiger partial charge in [-0.15, -0.1) is 0 Å². The summed E-state index contributed by atoms with van der Waals surface area (Å²) >= 11 is 0. The van der Waals surface area contributed by atoms with E-state index in [4.69, 9.17) is 0 Å². The second kappa shape index (κ2) is 13.8. The van der Waals surface area contributed by atoms with Gasteiger partial charge in [-0.25, -0.2) is 8.42 Å². The molecule has 3 rings (SSSR count). The molecule has 0 fully saturated rings. The molecule has 3 aromatic rings. The molecule has 0 heterocycles. The summed E-state index contributed by atoms with van der Waals surface area (Å²) < 4.78 is 29.4. The zero-order valence-electron chi connectivity index (χ0n) is 25.3. The van der Waals surface area contributed by atoms with Gasteiger partial charge in [-0.05, 0) is 87.9 Å². The van der Waals surface area contributed by atoms with Crippen LogP contribution in [-0.4, -0.2) is 43.8 Å². The maximum atomic E-state index is 14.3. The van der Waals surface area contributed by atoms with E-state index < -0.39 is 28.5 Å². The Kier molecular flexibility index (Phi) is 10.7. The Morgan fingerprint density at radius 2 is 1.46 bits per heavy atom. The zero-order chi connectivity index (χ0) is 30.3. The molecule has 0 aliphatic rings. The number of hydrogen-bond donors (Lipinski definition) is 1. The van der Waals surface area contributed by atoms with E-state index in [9.17, 15) is 18.0 Å². The molecule has 2 atom stereocenters. The van der Waals surface area contributed by atoms with Gasteiger partial charge in [-0.2, -0.15) is 0 Å². The number of nitrogens with one attached hydrogen (secondary N) is 1. The van der Waals surface area contributed by atoms with Crippen molar-refractivity contribution in [2.24, 2.45) is 0 Å². The molecule has 0 aliphatic heterocycles. The first-order valence-corrected chi connectivity index (χ1v) is 15.6. The summed E-state index contributed by atoms with van der Waals surface area (Å²) in [5, 5.41) is 3.01. The summed E-state index contributed by atoms with van der Waals surface area (Å²) in [5.74, 6) is -0.695. The van der Waals surface area contributed by atoms with Crippen LogP contribution in [0.1, 0.15) is 61.4 Å². The van der Waals surface area contributed by atoms with Crippen LogP contribution in [0.3, 0.4) is 0 Å². The third-order valence-electron chi connectivity index (χ3n) is 7.72. The van der Waals surface area contributed by atoms with Crippen LogP contribution in [0.25, 0.3) is 0 Å². The minimum absolute atomic E-state index is 0.0553. The van der Waals surface area contributed by atoms with E-state index in [1.54, 1.807) is 36.4 Å². The van der Waals surface area contributed by atoms with Crippen LogP contribution in [0.2, 0.25) is 0 Å². The van der Waals surface area contributed by atoms with Crippen LogP contribution in [0.5, 0.6) is 0 Å². The van der Waals surface area contributed by atoms with E-state index in [2.05, 4.69) is 5.32 Å². The maximum Gasteiger partial charge on any atom is 0.264 e. The number of sulfonamides is 1. The molecule has 7 nitrogen and oxygen atoms in total. The SMILES string of the molecule is CC[C@@H](C)NC(=O)[C@@H](CC)N(Cc1ccccc1C)C(=O)CN(c1cccc(C)c1C)S(=O)(=O)c1ccc(C)cc1. The number of rotatable bonds is 12. The van der Waals surface area contributed by atoms with Gasteiger partial charge < -0.3 is 10.2 Å². The fraction of sp³-hybridized carbons (Fsp3) is 0.394. The minimum atomic E-state index is -4.11. The largest absolute Gasteiger partial charge is 0.352 e. The number of anilines is 1. The van der Waals surface area contributed by atoms with Crippen molar-refractivity contribution in [3.05, 3.63) is 94.5 Å². The fourth-order valence-corrected chi connectivity index (χ4v) is 6.16. The van der Waals surface area contributed by atoms with Crippen LogP contribution < -0.4 is 9.62 Å². The summed E-state index contributed by atoms with van der Waals surface area (Å²) in [6.07, 6.45) is 1.14. The Morgan fingerprint density at radius 3 is 2.07 bits per heavy atom. The Balaban J connectivity index is 2.11. The van der Waals surface area contributed by atoms with E-state index in [1.807, 2.05) is 78.8 Å². The standard InChI is InChI=1S/C33H43N3O4S/c1-8-26(6)34-33(38)30(9-2)35(21-28-15-11-10-13-25(28)5)32(37)22-36(31-16-12-14-24(4)27(31)7)41(39,40)29-19-17-23(3)18-20-29/h10-20,26,30H,8-9,21-22H2,1-7H3,(H,34,38)/t26-,30-/m1/s1. The van der Waals surface area contributed by atoms with Crippen molar-refractivity contribution < 1.29 is 18.0 Å². The van der Waals surface area contributed by atoms with E-state index >= 15 is 0 Å². The summed E-state index contributed by atoms with van der Waals surface area (Å²) in [6.45, 7) is 13.1. The summed E-state index contributed by atoms with van der Waals surface area (Å²) in [6, 6.07) is 18.9. The third-order valence-corrected chi connectivity index (χ3v) is 9.50. The van der Waals surface area contributed by atoms with Gasteiger partial charge in [0.25, 0.3) is 10.0 Å². The molecule has 1 N–H and O–H groups in total. The monoisotopic (exact) mass is 577 g/mol. The molecule has 0 saturated heterocycles. The number of amides is 2. The van der Waals surface area contributed by atoms with Crippen LogP contribution in [-0.2, 0) is 26.2 Å². The van der Waals surface area contributed by atoms with Gasteiger partial charge in [0.05, 0.1) is 10.6 Å². The van der Waals surface area contributed by atoms with Gasteiger partial charge in [-0.3, -0.25) is 13.9 Å². The number of benzene rings is 3. The topological polar surface area (TPSA) is 86.8 Å². The molecule has 0 spiro atoms. The highest BCUT2D eigenvalue weighted by atomic mass is 32.2. The highest BCUT2D eigenvalue weighted by molar-refractivity contribution is 7.92. The first-order chi connectivity index (χ1) is 19.4. The van der Waals surface area contributed by atoms with Crippen LogP contribution in [0, 0.1) is 27.7 Å². The number of aryl methyl sites for hydroxylation is 3. The number of carbonyl (C=O) groups excluding carboxylic acids is 2. The molecule has 2 amide bonds. The molecular formula is C33H43N3O4S. The van der Waals surface area contributed by atoms with Crippen molar-refractivity contribution in [3.8, 4) is 0 Å². The van der Waals surface area contributed by atoms with Crippen molar-refractivity contribution in [1.82, 2.24) is 10.2 Å². The van der Waals surface area contributed by atoms with Crippen molar-refractivity contribution in [1.29, 1.82) is 0 Å². The van der Waals surface area contributed by atoms with Gasteiger partial charge in [-0.1, -0.05) is 67.9 Å². The second-order valence-corrected chi connectivity index (χ2v) is 12.6. The molecule has 8 heteroatoms. The van der Waals surface area contributed by atoms with Crippen molar-refractivity contribution in [2.75, 3.05) is 10.8 Å². The molecule has 0 aliphatic carbocycles.